The molecule has 0 N–H and O–H groups in total. The SMILES string of the molecule is COc1cc2c(cc1OC)C(CC(=O)C(Cl)(Cl)Cl)=NC(C)(C)C2. The zero-order valence-corrected chi connectivity index (χ0v) is 15.6. The van der Waals surface area contributed by atoms with Crippen LogP contribution >= 0.6 is 34.8 Å². The molecule has 0 aliphatic carbocycles. The molecule has 4 nitrogen and oxygen atoms in total. The highest BCUT2D eigenvalue weighted by Gasteiger charge is 2.35. The van der Waals surface area contributed by atoms with Crippen LogP contribution in [0.4, 0.5) is 0 Å². The van der Waals surface area contributed by atoms with Gasteiger partial charge in [0, 0.05) is 5.56 Å². The molecule has 126 valence electrons. The van der Waals surface area contributed by atoms with Crippen LogP contribution in [0.15, 0.2) is 17.1 Å². The Labute approximate surface area is 150 Å². The Morgan fingerprint density at radius 2 is 1.78 bits per heavy atom. The summed E-state index contributed by atoms with van der Waals surface area (Å²) in [5.41, 5.74) is 2.09. The van der Waals surface area contributed by atoms with Gasteiger partial charge in [0.1, 0.15) is 0 Å². The number of carbonyl (C=O) groups excluding carboxylic acids is 1. The molecule has 1 heterocycles. The zero-order valence-electron chi connectivity index (χ0n) is 13.4. The summed E-state index contributed by atoms with van der Waals surface area (Å²) >= 11 is 17.1. The minimum atomic E-state index is -1.96. The third-order valence-electron chi connectivity index (χ3n) is 3.63. The fourth-order valence-corrected chi connectivity index (χ4v) is 2.85. The van der Waals surface area contributed by atoms with E-state index in [9.17, 15) is 4.79 Å². The van der Waals surface area contributed by atoms with Gasteiger partial charge in [-0.05, 0) is 38.0 Å². The molecule has 23 heavy (non-hydrogen) atoms. The number of benzene rings is 1. The van der Waals surface area contributed by atoms with Crippen LogP contribution in [-0.4, -0.2) is 35.0 Å². The molecule has 2 rings (SSSR count). The first-order valence-corrected chi connectivity index (χ1v) is 8.15. The van der Waals surface area contributed by atoms with E-state index < -0.39 is 9.58 Å². The van der Waals surface area contributed by atoms with Gasteiger partial charge in [0.15, 0.2) is 17.3 Å². The summed E-state index contributed by atoms with van der Waals surface area (Å²) in [5, 5.41) is 0. The predicted octanol–water partition coefficient (Wildman–Crippen LogP) is 4.16. The second-order valence-electron chi connectivity index (χ2n) is 6.01. The van der Waals surface area contributed by atoms with E-state index in [-0.39, 0.29) is 12.0 Å². The van der Waals surface area contributed by atoms with Crippen LogP contribution in [-0.2, 0) is 11.2 Å². The highest BCUT2D eigenvalue weighted by molar-refractivity contribution is 6.76. The predicted molar refractivity (Wildman–Crippen MR) is 93.8 cm³/mol. The van der Waals surface area contributed by atoms with Gasteiger partial charge in [0.2, 0.25) is 3.79 Å². The van der Waals surface area contributed by atoms with Crippen LogP contribution < -0.4 is 9.47 Å². The van der Waals surface area contributed by atoms with Crippen molar-refractivity contribution in [3.8, 4) is 11.5 Å². The monoisotopic (exact) mass is 377 g/mol. The fraction of sp³-hybridized carbons (Fsp3) is 0.500. The summed E-state index contributed by atoms with van der Waals surface area (Å²) in [6.07, 6.45) is 0.663. The normalized spacial score (nSPS) is 16.4. The number of halogens is 3. The molecule has 1 aromatic carbocycles. The van der Waals surface area contributed by atoms with Crippen molar-refractivity contribution in [2.45, 2.75) is 36.0 Å². The molecule has 7 heteroatoms. The number of carbonyl (C=O) groups is 1. The Morgan fingerprint density at radius 3 is 2.30 bits per heavy atom. The maximum Gasteiger partial charge on any atom is 0.249 e. The number of Topliss-reactive ketones (excluding diaryl/α,β-unsaturated/α-hetero) is 1. The van der Waals surface area contributed by atoms with Crippen LogP contribution in [0.3, 0.4) is 0 Å². The largest absolute Gasteiger partial charge is 0.493 e. The van der Waals surface area contributed by atoms with Gasteiger partial charge in [0.05, 0.1) is 31.9 Å². The minimum Gasteiger partial charge on any atom is -0.493 e. The molecule has 0 saturated carbocycles. The second kappa shape index (κ2) is 6.50. The number of methoxy groups -OCH3 is 2. The van der Waals surface area contributed by atoms with Crippen LogP contribution in [0.1, 0.15) is 31.4 Å². The van der Waals surface area contributed by atoms with Crippen molar-refractivity contribution >= 4 is 46.3 Å². The van der Waals surface area contributed by atoms with Gasteiger partial charge in [-0.25, -0.2) is 0 Å². The summed E-state index contributed by atoms with van der Waals surface area (Å²) < 4.78 is 8.72. The van der Waals surface area contributed by atoms with Crippen molar-refractivity contribution in [2.24, 2.45) is 4.99 Å². The lowest BCUT2D eigenvalue weighted by Crippen LogP contribution is -2.32. The first-order valence-electron chi connectivity index (χ1n) is 7.01. The molecule has 0 spiro atoms. The number of hydrogen-bond donors (Lipinski definition) is 0. The van der Waals surface area contributed by atoms with Crippen molar-refractivity contribution in [2.75, 3.05) is 14.2 Å². The summed E-state index contributed by atoms with van der Waals surface area (Å²) in [6.45, 7) is 3.99. The Morgan fingerprint density at radius 1 is 1.22 bits per heavy atom. The molecule has 0 unspecified atom stereocenters. The van der Waals surface area contributed by atoms with E-state index in [0.717, 1.165) is 11.1 Å². The van der Waals surface area contributed by atoms with Gasteiger partial charge in [-0.1, -0.05) is 34.8 Å². The lowest BCUT2D eigenvalue weighted by Gasteiger charge is -2.30. The molecule has 0 fully saturated rings. The maximum atomic E-state index is 12.1. The zero-order chi connectivity index (χ0) is 17.4. The van der Waals surface area contributed by atoms with E-state index in [1.807, 2.05) is 26.0 Å². The van der Waals surface area contributed by atoms with Crippen LogP contribution in [0, 0.1) is 0 Å². The van der Waals surface area contributed by atoms with Gasteiger partial charge >= 0.3 is 0 Å². The molecule has 0 saturated heterocycles. The summed E-state index contributed by atoms with van der Waals surface area (Å²) in [7, 11) is 3.14. The Hall–Kier alpha value is -0.970. The molecule has 1 aliphatic heterocycles. The van der Waals surface area contributed by atoms with Crippen molar-refractivity contribution in [1.29, 1.82) is 0 Å². The third kappa shape index (κ3) is 4.11. The number of ether oxygens (including phenoxy) is 2. The number of alkyl halides is 3. The Kier molecular flexibility index (Phi) is 5.19. The van der Waals surface area contributed by atoms with Gasteiger partial charge in [-0.2, -0.15) is 0 Å². The first-order chi connectivity index (χ1) is 10.6. The smallest absolute Gasteiger partial charge is 0.249 e. The van der Waals surface area contributed by atoms with E-state index in [0.29, 0.717) is 23.6 Å². The number of nitrogens with zero attached hydrogens (tertiary/aromatic N) is 1. The number of ketones is 1. The quantitative estimate of drug-likeness (QED) is 0.739. The first kappa shape index (κ1) is 18.4. The van der Waals surface area contributed by atoms with Crippen LogP contribution in [0.25, 0.3) is 0 Å². The van der Waals surface area contributed by atoms with Crippen LogP contribution in [0.5, 0.6) is 11.5 Å². The van der Waals surface area contributed by atoms with E-state index in [2.05, 4.69) is 4.99 Å². The molecular formula is C16H18Cl3NO3. The molecular weight excluding hydrogens is 361 g/mol. The lowest BCUT2D eigenvalue weighted by atomic mass is 9.85. The molecule has 0 aromatic heterocycles. The van der Waals surface area contributed by atoms with Crippen molar-refractivity contribution in [1.82, 2.24) is 0 Å². The summed E-state index contributed by atoms with van der Waals surface area (Å²) in [4.78, 5) is 16.8. The van der Waals surface area contributed by atoms with Gasteiger partial charge in [-0.15, -0.1) is 0 Å². The minimum absolute atomic E-state index is 0.0532. The maximum absolute atomic E-state index is 12.1. The van der Waals surface area contributed by atoms with Crippen molar-refractivity contribution in [3.05, 3.63) is 23.3 Å². The Bertz CT molecular complexity index is 663. The summed E-state index contributed by atoms with van der Waals surface area (Å²) in [5.74, 6) is 0.690. The lowest BCUT2D eigenvalue weighted by molar-refractivity contribution is -0.117. The average molecular weight is 379 g/mol. The topological polar surface area (TPSA) is 47.9 Å². The van der Waals surface area contributed by atoms with Gasteiger partial charge < -0.3 is 9.47 Å². The highest BCUT2D eigenvalue weighted by atomic mass is 35.6. The molecule has 0 atom stereocenters. The molecule has 0 bridgehead atoms. The molecule has 1 aromatic rings. The van der Waals surface area contributed by atoms with Crippen LogP contribution in [0.2, 0.25) is 0 Å². The number of rotatable bonds is 4. The molecule has 0 amide bonds. The fourth-order valence-electron chi connectivity index (χ4n) is 2.65. The second-order valence-corrected chi connectivity index (χ2v) is 8.29. The standard InChI is InChI=1S/C16H18Cl3NO3/c1-15(2)8-9-5-12(22-3)13(23-4)6-10(9)11(20-15)7-14(21)16(17,18)19/h5-6H,7-8H2,1-4H3. The van der Waals surface area contributed by atoms with E-state index >= 15 is 0 Å². The highest BCUT2D eigenvalue weighted by Crippen LogP contribution is 2.37. The average Bonchev–Trinajstić information content (AvgIpc) is 2.43. The molecule has 1 aliphatic rings. The van der Waals surface area contributed by atoms with Gasteiger partial charge in [-0.3, -0.25) is 9.79 Å². The van der Waals surface area contributed by atoms with Crippen molar-refractivity contribution < 1.29 is 14.3 Å². The number of fused-ring (bicyclic) bond motifs is 1. The number of aliphatic imine (C=N–C) groups is 1. The van der Waals surface area contributed by atoms with Gasteiger partial charge in [0.25, 0.3) is 0 Å². The van der Waals surface area contributed by atoms with Crippen molar-refractivity contribution in [3.63, 3.8) is 0 Å². The summed E-state index contributed by atoms with van der Waals surface area (Å²) in [6, 6.07) is 3.72. The third-order valence-corrected chi connectivity index (χ3v) is 4.26. The van der Waals surface area contributed by atoms with E-state index in [1.165, 1.54) is 0 Å². The molecule has 0 radical (unpaired) electrons. The Balaban J connectivity index is 2.51. The van der Waals surface area contributed by atoms with E-state index in [4.69, 9.17) is 44.3 Å². The van der Waals surface area contributed by atoms with E-state index in [1.54, 1.807) is 14.2 Å². The number of hydrogen-bond acceptors (Lipinski definition) is 4.